The first kappa shape index (κ1) is 8.10. The van der Waals surface area contributed by atoms with Gasteiger partial charge in [0.15, 0.2) is 0 Å². The summed E-state index contributed by atoms with van der Waals surface area (Å²) in [4.78, 5) is 0. The molecular weight excluding hydrogens is 144 g/mol. The van der Waals surface area contributed by atoms with Gasteiger partial charge in [-0.05, 0) is 42.6 Å². The minimum absolute atomic E-state index is 0.806. The zero-order valence-corrected chi connectivity index (χ0v) is 8.09. The second kappa shape index (κ2) is 3.08. The van der Waals surface area contributed by atoms with Gasteiger partial charge in [-0.1, -0.05) is 32.1 Å². The molecule has 0 amide bonds. The lowest BCUT2D eigenvalue weighted by Crippen LogP contribution is -2.17. The molecule has 2 aliphatic carbocycles. The zero-order valence-electron chi connectivity index (χ0n) is 8.09. The van der Waals surface area contributed by atoms with Gasteiger partial charge in [0.25, 0.3) is 0 Å². The summed E-state index contributed by atoms with van der Waals surface area (Å²) >= 11 is 0. The van der Waals surface area contributed by atoms with Crippen molar-refractivity contribution in [2.45, 2.75) is 33.1 Å². The van der Waals surface area contributed by atoms with E-state index in [1.807, 2.05) is 0 Å². The van der Waals surface area contributed by atoms with E-state index in [0.717, 1.165) is 17.8 Å². The van der Waals surface area contributed by atoms with Gasteiger partial charge in [-0.2, -0.15) is 0 Å². The van der Waals surface area contributed by atoms with E-state index in [4.69, 9.17) is 0 Å². The Bertz CT molecular complexity index is 222. The molecule has 12 heavy (non-hydrogen) atoms. The minimum Gasteiger partial charge on any atom is -0.0814 e. The fourth-order valence-electron chi connectivity index (χ4n) is 2.43. The molecule has 0 spiro atoms. The average Bonchev–Trinajstić information content (AvgIpc) is 2.05. The zero-order chi connectivity index (χ0) is 8.55. The van der Waals surface area contributed by atoms with Crippen LogP contribution in [0.4, 0.5) is 0 Å². The van der Waals surface area contributed by atoms with Gasteiger partial charge < -0.3 is 0 Å². The number of hydrogen-bond donors (Lipinski definition) is 0. The van der Waals surface area contributed by atoms with Crippen LogP contribution in [0.15, 0.2) is 23.8 Å². The molecule has 2 aliphatic rings. The Hall–Kier alpha value is -0.520. The standard InChI is InChI=1S/C12H18/c1-9-3-5-12-8-10(2)4-6-11(12)7-9/h3,5,8-11H,4,6-7H2,1-2H3. The summed E-state index contributed by atoms with van der Waals surface area (Å²) in [5.41, 5.74) is 1.62. The van der Waals surface area contributed by atoms with Gasteiger partial charge in [0.1, 0.15) is 0 Å². The maximum atomic E-state index is 2.47. The van der Waals surface area contributed by atoms with E-state index >= 15 is 0 Å². The van der Waals surface area contributed by atoms with Crippen LogP contribution in [0.25, 0.3) is 0 Å². The lowest BCUT2D eigenvalue weighted by molar-refractivity contribution is 0.395. The molecule has 0 aromatic carbocycles. The van der Waals surface area contributed by atoms with Crippen LogP contribution in [0.3, 0.4) is 0 Å². The van der Waals surface area contributed by atoms with Crippen molar-refractivity contribution < 1.29 is 0 Å². The van der Waals surface area contributed by atoms with Crippen molar-refractivity contribution >= 4 is 0 Å². The summed E-state index contributed by atoms with van der Waals surface area (Å²) in [7, 11) is 0. The highest BCUT2D eigenvalue weighted by Gasteiger charge is 2.23. The molecule has 66 valence electrons. The van der Waals surface area contributed by atoms with E-state index in [2.05, 4.69) is 32.1 Å². The van der Waals surface area contributed by atoms with Crippen molar-refractivity contribution in [3.8, 4) is 0 Å². The summed E-state index contributed by atoms with van der Waals surface area (Å²) in [6.07, 6.45) is 11.4. The number of hydrogen-bond acceptors (Lipinski definition) is 0. The van der Waals surface area contributed by atoms with Gasteiger partial charge in [-0.15, -0.1) is 0 Å². The lowest BCUT2D eigenvalue weighted by Gasteiger charge is -2.30. The first-order chi connectivity index (χ1) is 5.75. The third-order valence-corrected chi connectivity index (χ3v) is 3.19. The number of allylic oxidation sites excluding steroid dienone is 4. The minimum atomic E-state index is 0.806. The maximum absolute atomic E-state index is 2.47. The van der Waals surface area contributed by atoms with Gasteiger partial charge >= 0.3 is 0 Å². The Morgan fingerprint density at radius 2 is 2.00 bits per heavy atom. The van der Waals surface area contributed by atoms with Crippen LogP contribution >= 0.6 is 0 Å². The molecule has 0 N–H and O–H groups in total. The largest absolute Gasteiger partial charge is 0.0814 e. The molecule has 0 saturated carbocycles. The molecule has 0 fully saturated rings. The van der Waals surface area contributed by atoms with Crippen LogP contribution in [0.2, 0.25) is 0 Å². The third kappa shape index (κ3) is 1.48. The highest BCUT2D eigenvalue weighted by Crippen LogP contribution is 2.36. The molecule has 0 aromatic heterocycles. The normalized spacial score (nSPS) is 40.5. The lowest BCUT2D eigenvalue weighted by atomic mass is 9.75. The van der Waals surface area contributed by atoms with Crippen LogP contribution in [-0.4, -0.2) is 0 Å². The molecule has 0 radical (unpaired) electrons. The summed E-state index contributed by atoms with van der Waals surface area (Å²) in [6, 6.07) is 0. The molecule has 0 aliphatic heterocycles. The van der Waals surface area contributed by atoms with Crippen LogP contribution in [0, 0.1) is 17.8 Å². The second-order valence-corrected chi connectivity index (χ2v) is 4.49. The Labute approximate surface area is 75.4 Å². The van der Waals surface area contributed by atoms with E-state index in [-0.39, 0.29) is 0 Å². The Balaban J connectivity index is 2.21. The molecule has 3 unspecified atom stereocenters. The molecular formula is C12H18. The summed E-state index contributed by atoms with van der Waals surface area (Å²) < 4.78 is 0. The fourth-order valence-corrected chi connectivity index (χ4v) is 2.43. The maximum Gasteiger partial charge on any atom is -0.0159 e. The van der Waals surface area contributed by atoms with Crippen LogP contribution in [0.5, 0.6) is 0 Å². The van der Waals surface area contributed by atoms with Gasteiger partial charge in [0.2, 0.25) is 0 Å². The summed E-state index contributed by atoms with van der Waals surface area (Å²) in [6.45, 7) is 4.65. The molecule has 0 heterocycles. The Morgan fingerprint density at radius 3 is 2.83 bits per heavy atom. The molecule has 0 nitrogen and oxygen atoms in total. The predicted octanol–water partition coefficient (Wildman–Crippen LogP) is 3.55. The van der Waals surface area contributed by atoms with Gasteiger partial charge in [-0.25, -0.2) is 0 Å². The van der Waals surface area contributed by atoms with E-state index in [9.17, 15) is 0 Å². The SMILES string of the molecule is CC1C=C2C=CC(C)CC2CC1. The van der Waals surface area contributed by atoms with Gasteiger partial charge in [0, 0.05) is 0 Å². The average molecular weight is 162 g/mol. The third-order valence-electron chi connectivity index (χ3n) is 3.19. The highest BCUT2D eigenvalue weighted by molar-refractivity contribution is 5.27. The second-order valence-electron chi connectivity index (χ2n) is 4.49. The first-order valence-electron chi connectivity index (χ1n) is 5.15. The van der Waals surface area contributed by atoms with Crippen LogP contribution in [-0.2, 0) is 0 Å². The van der Waals surface area contributed by atoms with E-state index in [1.54, 1.807) is 5.57 Å². The number of fused-ring (bicyclic) bond motifs is 1. The van der Waals surface area contributed by atoms with Crippen molar-refractivity contribution in [2.24, 2.45) is 17.8 Å². The van der Waals surface area contributed by atoms with Crippen molar-refractivity contribution in [3.63, 3.8) is 0 Å². The van der Waals surface area contributed by atoms with Gasteiger partial charge in [0.05, 0.1) is 0 Å². The van der Waals surface area contributed by atoms with E-state index in [1.165, 1.54) is 19.3 Å². The fraction of sp³-hybridized carbons (Fsp3) is 0.667. The van der Waals surface area contributed by atoms with E-state index in [0.29, 0.717) is 0 Å². The van der Waals surface area contributed by atoms with Gasteiger partial charge in [-0.3, -0.25) is 0 Å². The van der Waals surface area contributed by atoms with E-state index < -0.39 is 0 Å². The van der Waals surface area contributed by atoms with Crippen molar-refractivity contribution in [2.75, 3.05) is 0 Å². The van der Waals surface area contributed by atoms with Crippen molar-refractivity contribution in [1.29, 1.82) is 0 Å². The summed E-state index contributed by atoms with van der Waals surface area (Å²) in [5.74, 6) is 2.51. The predicted molar refractivity (Wildman–Crippen MR) is 52.9 cm³/mol. The monoisotopic (exact) mass is 162 g/mol. The molecule has 0 heteroatoms. The van der Waals surface area contributed by atoms with Crippen molar-refractivity contribution in [1.82, 2.24) is 0 Å². The number of rotatable bonds is 0. The quantitative estimate of drug-likeness (QED) is 0.511. The molecule has 2 rings (SSSR count). The first-order valence-corrected chi connectivity index (χ1v) is 5.15. The molecule has 0 bridgehead atoms. The highest BCUT2D eigenvalue weighted by atomic mass is 14.3. The molecule has 3 atom stereocenters. The smallest absolute Gasteiger partial charge is 0.0159 e. The van der Waals surface area contributed by atoms with Crippen LogP contribution < -0.4 is 0 Å². The van der Waals surface area contributed by atoms with Crippen molar-refractivity contribution in [3.05, 3.63) is 23.8 Å². The summed E-state index contributed by atoms with van der Waals surface area (Å²) in [5, 5.41) is 0. The van der Waals surface area contributed by atoms with Crippen LogP contribution in [0.1, 0.15) is 33.1 Å². The Morgan fingerprint density at radius 1 is 1.17 bits per heavy atom. The topological polar surface area (TPSA) is 0 Å². The molecule has 0 aromatic rings. The molecule has 0 saturated heterocycles. The Kier molecular flexibility index (Phi) is 2.08.